The smallest absolute Gasteiger partial charge is 0.163 e. The van der Waals surface area contributed by atoms with Crippen molar-refractivity contribution in [1.82, 2.24) is 14.6 Å². The van der Waals surface area contributed by atoms with Crippen LogP contribution >= 0.6 is 11.6 Å². The molecule has 0 radical (unpaired) electrons. The van der Waals surface area contributed by atoms with Crippen molar-refractivity contribution in [2.45, 2.75) is 33.2 Å². The average Bonchev–Trinajstić information content (AvgIpc) is 2.88. The van der Waals surface area contributed by atoms with Crippen molar-refractivity contribution in [3.05, 3.63) is 58.5 Å². The molecule has 2 aromatic heterocycles. The van der Waals surface area contributed by atoms with Crippen molar-refractivity contribution >= 4 is 22.9 Å². The van der Waals surface area contributed by atoms with E-state index in [9.17, 15) is 0 Å². The molecule has 0 saturated carbocycles. The van der Waals surface area contributed by atoms with Crippen LogP contribution in [0.3, 0.4) is 0 Å². The van der Waals surface area contributed by atoms with Crippen LogP contribution in [0.15, 0.2) is 36.5 Å². The molecule has 1 unspecified atom stereocenters. The number of halogens is 1. The number of rotatable bonds is 4. The van der Waals surface area contributed by atoms with Gasteiger partial charge in [-0.2, -0.15) is 0 Å². The lowest BCUT2D eigenvalue weighted by atomic mass is 10.0. The fourth-order valence-electron chi connectivity index (χ4n) is 2.66. The summed E-state index contributed by atoms with van der Waals surface area (Å²) in [5.74, 6) is 0.890. The minimum atomic E-state index is 0.242. The van der Waals surface area contributed by atoms with Gasteiger partial charge in [0.05, 0.1) is 11.7 Å². The highest BCUT2D eigenvalue weighted by Gasteiger charge is 2.11. The number of hydrogen-bond acceptors (Lipinski definition) is 3. The highest BCUT2D eigenvalue weighted by Crippen LogP contribution is 2.25. The van der Waals surface area contributed by atoms with Gasteiger partial charge < -0.3 is 5.32 Å². The van der Waals surface area contributed by atoms with Gasteiger partial charge in [0, 0.05) is 11.2 Å². The number of anilines is 1. The van der Waals surface area contributed by atoms with Gasteiger partial charge in [0.25, 0.3) is 0 Å². The first-order valence-electron chi connectivity index (χ1n) is 7.42. The maximum absolute atomic E-state index is 5.97. The number of nitrogens with one attached hydrogen (secondary N) is 1. The van der Waals surface area contributed by atoms with Crippen LogP contribution in [-0.4, -0.2) is 14.6 Å². The molecule has 0 fully saturated rings. The molecule has 0 aliphatic heterocycles. The second kappa shape index (κ2) is 5.97. The zero-order valence-corrected chi connectivity index (χ0v) is 13.7. The molecule has 1 N–H and O–H groups in total. The Kier molecular flexibility index (Phi) is 4.03. The number of fused-ring (bicyclic) bond motifs is 1. The Bertz CT molecular complexity index is 792. The standard InChI is InChI=1S/C17H19ClN4/c1-4-16(13-5-7-14(18)8-6-13)19-15-9-11(2)17-21-20-12(3)22(17)10-15/h5-10,16,19H,4H2,1-3H3. The van der Waals surface area contributed by atoms with Gasteiger partial charge in [-0.15, -0.1) is 10.2 Å². The summed E-state index contributed by atoms with van der Waals surface area (Å²) in [7, 11) is 0. The predicted molar refractivity (Wildman–Crippen MR) is 90.6 cm³/mol. The van der Waals surface area contributed by atoms with Crippen LogP contribution in [0.4, 0.5) is 5.69 Å². The molecule has 22 heavy (non-hydrogen) atoms. The number of pyridine rings is 1. The fraction of sp³-hybridized carbons (Fsp3) is 0.294. The second-order valence-electron chi connectivity index (χ2n) is 5.51. The zero-order chi connectivity index (χ0) is 15.7. The van der Waals surface area contributed by atoms with Crippen LogP contribution < -0.4 is 5.32 Å². The number of aryl methyl sites for hydroxylation is 2. The molecule has 5 heteroatoms. The molecule has 0 saturated heterocycles. The normalized spacial score (nSPS) is 12.5. The maximum Gasteiger partial charge on any atom is 0.163 e. The molecule has 0 spiro atoms. The predicted octanol–water partition coefficient (Wildman–Crippen LogP) is 4.56. The summed E-state index contributed by atoms with van der Waals surface area (Å²) in [4.78, 5) is 0. The van der Waals surface area contributed by atoms with Gasteiger partial charge in [-0.05, 0) is 49.6 Å². The van der Waals surface area contributed by atoms with E-state index in [1.807, 2.05) is 23.5 Å². The van der Waals surface area contributed by atoms with E-state index >= 15 is 0 Å². The van der Waals surface area contributed by atoms with E-state index in [1.165, 1.54) is 5.56 Å². The van der Waals surface area contributed by atoms with Crippen molar-refractivity contribution in [1.29, 1.82) is 0 Å². The highest BCUT2D eigenvalue weighted by atomic mass is 35.5. The summed E-state index contributed by atoms with van der Waals surface area (Å²) >= 11 is 5.97. The number of hydrogen-bond donors (Lipinski definition) is 1. The fourth-order valence-corrected chi connectivity index (χ4v) is 2.79. The third-order valence-corrected chi connectivity index (χ3v) is 4.13. The molecule has 0 amide bonds. The molecular weight excluding hydrogens is 296 g/mol. The van der Waals surface area contributed by atoms with Crippen molar-refractivity contribution < 1.29 is 0 Å². The molecule has 0 aliphatic carbocycles. The Morgan fingerprint density at radius 2 is 1.91 bits per heavy atom. The Morgan fingerprint density at radius 1 is 1.18 bits per heavy atom. The maximum atomic E-state index is 5.97. The third kappa shape index (κ3) is 2.79. The van der Waals surface area contributed by atoms with Crippen molar-refractivity contribution in [2.75, 3.05) is 5.32 Å². The number of aromatic nitrogens is 3. The summed E-state index contributed by atoms with van der Waals surface area (Å²) < 4.78 is 2.02. The molecule has 114 valence electrons. The SMILES string of the molecule is CCC(Nc1cc(C)c2nnc(C)n2c1)c1ccc(Cl)cc1. The van der Waals surface area contributed by atoms with E-state index in [-0.39, 0.29) is 6.04 Å². The first kappa shape index (κ1) is 14.9. The number of benzene rings is 1. The Labute approximate surface area is 135 Å². The van der Waals surface area contributed by atoms with Gasteiger partial charge >= 0.3 is 0 Å². The first-order chi connectivity index (χ1) is 10.6. The Hall–Kier alpha value is -2.07. The minimum Gasteiger partial charge on any atom is -0.377 e. The molecule has 3 aromatic rings. The average molecular weight is 315 g/mol. The van der Waals surface area contributed by atoms with Gasteiger partial charge in [0.1, 0.15) is 5.82 Å². The lowest BCUT2D eigenvalue weighted by Gasteiger charge is -2.19. The molecular formula is C17H19ClN4. The summed E-state index contributed by atoms with van der Waals surface area (Å²) in [6.07, 6.45) is 3.04. The van der Waals surface area contributed by atoms with Gasteiger partial charge in [0.2, 0.25) is 0 Å². The van der Waals surface area contributed by atoms with E-state index in [2.05, 4.69) is 53.8 Å². The zero-order valence-electron chi connectivity index (χ0n) is 13.0. The molecule has 2 heterocycles. The topological polar surface area (TPSA) is 42.2 Å². The number of nitrogens with zero attached hydrogens (tertiary/aromatic N) is 3. The minimum absolute atomic E-state index is 0.242. The molecule has 4 nitrogen and oxygen atoms in total. The Morgan fingerprint density at radius 3 is 2.59 bits per heavy atom. The van der Waals surface area contributed by atoms with E-state index < -0.39 is 0 Å². The van der Waals surface area contributed by atoms with Gasteiger partial charge in [-0.3, -0.25) is 4.40 Å². The van der Waals surface area contributed by atoms with Crippen molar-refractivity contribution in [3.8, 4) is 0 Å². The lowest BCUT2D eigenvalue weighted by Crippen LogP contribution is -2.10. The monoisotopic (exact) mass is 314 g/mol. The van der Waals surface area contributed by atoms with Crippen LogP contribution in [0.25, 0.3) is 5.65 Å². The molecule has 1 aromatic carbocycles. The van der Waals surface area contributed by atoms with Crippen LogP contribution in [0.5, 0.6) is 0 Å². The van der Waals surface area contributed by atoms with Gasteiger partial charge in [-0.1, -0.05) is 30.7 Å². The van der Waals surface area contributed by atoms with Crippen LogP contribution in [0, 0.1) is 13.8 Å². The van der Waals surface area contributed by atoms with Crippen LogP contribution in [0.2, 0.25) is 5.02 Å². The lowest BCUT2D eigenvalue weighted by molar-refractivity contribution is 0.748. The summed E-state index contributed by atoms with van der Waals surface area (Å²) in [6, 6.07) is 10.4. The first-order valence-corrected chi connectivity index (χ1v) is 7.80. The Balaban J connectivity index is 1.93. The van der Waals surface area contributed by atoms with E-state index in [0.717, 1.165) is 34.2 Å². The van der Waals surface area contributed by atoms with E-state index in [4.69, 9.17) is 11.6 Å². The van der Waals surface area contributed by atoms with E-state index in [0.29, 0.717) is 0 Å². The van der Waals surface area contributed by atoms with Gasteiger partial charge in [-0.25, -0.2) is 0 Å². The largest absolute Gasteiger partial charge is 0.377 e. The quantitative estimate of drug-likeness (QED) is 0.767. The van der Waals surface area contributed by atoms with Crippen LogP contribution in [0.1, 0.15) is 36.3 Å². The molecule has 0 bridgehead atoms. The molecule has 1 atom stereocenters. The highest BCUT2D eigenvalue weighted by molar-refractivity contribution is 6.30. The third-order valence-electron chi connectivity index (χ3n) is 3.88. The van der Waals surface area contributed by atoms with Crippen molar-refractivity contribution in [3.63, 3.8) is 0 Å². The van der Waals surface area contributed by atoms with E-state index in [1.54, 1.807) is 0 Å². The van der Waals surface area contributed by atoms with Crippen molar-refractivity contribution in [2.24, 2.45) is 0 Å². The summed E-state index contributed by atoms with van der Waals surface area (Å²) in [5, 5.41) is 12.7. The summed E-state index contributed by atoms with van der Waals surface area (Å²) in [6.45, 7) is 6.18. The second-order valence-corrected chi connectivity index (χ2v) is 5.95. The summed E-state index contributed by atoms with van der Waals surface area (Å²) in [5.41, 5.74) is 4.30. The molecule has 0 aliphatic rings. The van der Waals surface area contributed by atoms with Gasteiger partial charge in [0.15, 0.2) is 5.65 Å². The molecule has 3 rings (SSSR count). The van der Waals surface area contributed by atoms with Crippen LogP contribution in [-0.2, 0) is 0 Å².